The summed E-state index contributed by atoms with van der Waals surface area (Å²) in [4.78, 5) is 56.7. The van der Waals surface area contributed by atoms with Crippen LogP contribution in [0.1, 0.15) is 28.8 Å². The number of benzene rings is 2. The number of anilines is 2. The van der Waals surface area contributed by atoms with Gasteiger partial charge in [0, 0.05) is 30.6 Å². The number of carbonyl (C=O) groups excluding carboxylic acids is 4. The molecule has 252 valence electrons. The monoisotopic (exact) mass is 663 g/mol. The quantitative estimate of drug-likeness (QED) is 0.107. The number of H-pyrrole nitrogens is 1. The van der Waals surface area contributed by atoms with Gasteiger partial charge in [0.05, 0.1) is 36.4 Å². The number of nitrogens with zero attached hydrogens (tertiary/aromatic N) is 1. The number of methoxy groups -OCH3 is 1. The first-order chi connectivity index (χ1) is 23.0. The summed E-state index contributed by atoms with van der Waals surface area (Å²) in [5.74, 6) is -1.77. The predicted octanol–water partition coefficient (Wildman–Crippen LogP) is 3.91. The van der Waals surface area contributed by atoms with Crippen molar-refractivity contribution in [2.45, 2.75) is 31.9 Å². The average molecular weight is 664 g/mol. The maximum atomic E-state index is 14.0. The molecule has 1 unspecified atom stereocenters. The lowest BCUT2D eigenvalue weighted by Crippen LogP contribution is -2.41. The van der Waals surface area contributed by atoms with Crippen LogP contribution in [-0.4, -0.2) is 76.5 Å². The van der Waals surface area contributed by atoms with Gasteiger partial charge in [-0.1, -0.05) is 6.07 Å². The number of esters is 2. The Bertz CT molecular complexity index is 1750. The van der Waals surface area contributed by atoms with E-state index in [9.17, 15) is 28.7 Å². The van der Waals surface area contributed by atoms with Crippen molar-refractivity contribution in [2.75, 3.05) is 31.0 Å². The molecular weight excluding hydrogens is 629 g/mol. The van der Waals surface area contributed by atoms with Crippen molar-refractivity contribution in [3.8, 4) is 22.9 Å². The molecule has 0 fully saturated rings. The first kappa shape index (κ1) is 35.1. The second kappa shape index (κ2) is 16.7. The minimum Gasteiger partial charge on any atom is -0.467 e. The molecule has 0 bridgehead atoms. The number of aliphatic hydroxyl groups excluding tert-OH is 2. The minimum absolute atomic E-state index is 0.0642. The van der Waals surface area contributed by atoms with Crippen molar-refractivity contribution in [3.05, 3.63) is 90.0 Å². The molecule has 4 rings (SSSR count). The summed E-state index contributed by atoms with van der Waals surface area (Å²) in [6, 6.07) is 13.9. The van der Waals surface area contributed by atoms with Gasteiger partial charge < -0.3 is 45.4 Å². The molecule has 0 saturated carbocycles. The molecule has 15 heteroatoms. The fraction of sp³-hybridized carbons (Fsp3) is 0.242. The van der Waals surface area contributed by atoms with E-state index in [1.54, 1.807) is 49.4 Å². The molecule has 4 aromatic rings. The highest BCUT2D eigenvalue weighted by atomic mass is 19.1. The first-order valence-electron chi connectivity index (χ1n) is 14.6. The number of pyridine rings is 1. The normalized spacial score (nSPS) is 11.9. The molecule has 2 atom stereocenters. The van der Waals surface area contributed by atoms with Gasteiger partial charge in [0.15, 0.2) is 0 Å². The lowest BCUT2D eigenvalue weighted by Gasteiger charge is -2.16. The fourth-order valence-electron chi connectivity index (χ4n) is 4.27. The number of halogens is 1. The maximum absolute atomic E-state index is 14.0. The summed E-state index contributed by atoms with van der Waals surface area (Å²) in [5, 5.41) is 25.8. The molecule has 14 nitrogen and oxygen atoms in total. The van der Waals surface area contributed by atoms with Crippen LogP contribution in [-0.2, 0) is 19.1 Å². The van der Waals surface area contributed by atoms with Crippen molar-refractivity contribution in [1.82, 2.24) is 15.3 Å². The van der Waals surface area contributed by atoms with Gasteiger partial charge in [-0.15, -0.1) is 0 Å². The number of carbonyl (C=O) groups is 4. The molecule has 48 heavy (non-hydrogen) atoms. The second-order valence-electron chi connectivity index (χ2n) is 10.5. The predicted molar refractivity (Wildman–Crippen MR) is 171 cm³/mol. The fourth-order valence-corrected chi connectivity index (χ4v) is 4.27. The Morgan fingerprint density at radius 2 is 1.77 bits per heavy atom. The van der Waals surface area contributed by atoms with Crippen LogP contribution in [0.25, 0.3) is 11.4 Å². The molecule has 0 aliphatic heterocycles. The Morgan fingerprint density at radius 1 is 1.00 bits per heavy atom. The van der Waals surface area contributed by atoms with Gasteiger partial charge in [-0.3, -0.25) is 14.6 Å². The SMILES string of the molecule is COC(=O)[C@H](CCC(=O)OCC(O)CO)NC(=O)c1c[nH]c(-c2cc(Oc3ccc(NC(=O)Nc4cc(C)ccc4F)cc3)ccn2)c1. The molecule has 0 aliphatic carbocycles. The topological polar surface area (TPSA) is 201 Å². The van der Waals surface area contributed by atoms with E-state index in [2.05, 4.69) is 25.9 Å². The van der Waals surface area contributed by atoms with Gasteiger partial charge in [-0.05, 0) is 67.4 Å². The number of nitrogens with one attached hydrogen (secondary N) is 4. The molecule has 0 aliphatic rings. The first-order valence-corrected chi connectivity index (χ1v) is 14.6. The molecule has 2 aromatic heterocycles. The van der Waals surface area contributed by atoms with E-state index in [1.807, 2.05) is 0 Å². The molecule has 2 aromatic carbocycles. The zero-order valence-corrected chi connectivity index (χ0v) is 26.0. The highest BCUT2D eigenvalue weighted by Gasteiger charge is 2.24. The summed E-state index contributed by atoms with van der Waals surface area (Å²) in [5.41, 5.74) is 2.41. The van der Waals surface area contributed by atoms with Crippen LogP contribution < -0.4 is 20.7 Å². The van der Waals surface area contributed by atoms with Gasteiger partial charge in [0.1, 0.15) is 36.1 Å². The number of hydrogen-bond acceptors (Lipinski definition) is 10. The lowest BCUT2D eigenvalue weighted by atomic mass is 10.1. The Morgan fingerprint density at radius 3 is 2.50 bits per heavy atom. The third-order valence-corrected chi connectivity index (χ3v) is 6.75. The Balaban J connectivity index is 1.33. The number of hydrogen-bond donors (Lipinski definition) is 6. The molecular formula is C33H34FN5O9. The molecule has 0 radical (unpaired) electrons. The van der Waals surface area contributed by atoms with E-state index < -0.39 is 55.1 Å². The standard InChI is InChI=1S/C33H34FN5O9/c1-19-3-8-25(34)27(13-19)39-33(45)37-21-4-6-23(7-5-21)48-24-11-12-35-29(15-24)28-14-20(16-36-28)31(43)38-26(32(44)46-2)9-10-30(42)47-18-22(41)17-40/h3-8,11-16,22,26,36,40-41H,9-10,17-18H2,1-2H3,(H,38,43)(H2,37,39,45)/t22?,26-/m0/s1. The maximum Gasteiger partial charge on any atom is 0.328 e. The summed E-state index contributed by atoms with van der Waals surface area (Å²) in [6.07, 6.45) is 1.35. The van der Waals surface area contributed by atoms with Gasteiger partial charge >= 0.3 is 18.0 Å². The molecule has 2 heterocycles. The summed E-state index contributed by atoms with van der Waals surface area (Å²) in [6.45, 7) is 0.810. The summed E-state index contributed by atoms with van der Waals surface area (Å²) < 4.78 is 29.5. The van der Waals surface area contributed by atoms with Crippen molar-refractivity contribution in [1.29, 1.82) is 0 Å². The number of ether oxygens (including phenoxy) is 3. The van der Waals surface area contributed by atoms with E-state index in [0.29, 0.717) is 28.6 Å². The highest BCUT2D eigenvalue weighted by molar-refractivity contribution is 6.00. The van der Waals surface area contributed by atoms with Gasteiger partial charge in [-0.2, -0.15) is 0 Å². The second-order valence-corrected chi connectivity index (χ2v) is 10.5. The number of amides is 3. The number of urea groups is 1. The van der Waals surface area contributed by atoms with Crippen molar-refractivity contribution >= 4 is 35.3 Å². The number of aliphatic hydroxyl groups is 2. The van der Waals surface area contributed by atoms with E-state index in [0.717, 1.165) is 12.7 Å². The van der Waals surface area contributed by atoms with E-state index in [1.165, 1.54) is 30.6 Å². The van der Waals surface area contributed by atoms with Crippen LogP contribution in [0.2, 0.25) is 0 Å². The smallest absolute Gasteiger partial charge is 0.328 e. The van der Waals surface area contributed by atoms with Crippen molar-refractivity contribution in [2.24, 2.45) is 0 Å². The van der Waals surface area contributed by atoms with Crippen LogP contribution in [0.4, 0.5) is 20.6 Å². The molecule has 3 amide bonds. The minimum atomic E-state index is -1.22. The third kappa shape index (κ3) is 10.1. The Labute approximate surface area is 274 Å². The number of aryl methyl sites for hydroxylation is 1. The van der Waals surface area contributed by atoms with Crippen LogP contribution in [0.5, 0.6) is 11.5 Å². The zero-order chi connectivity index (χ0) is 34.6. The lowest BCUT2D eigenvalue weighted by molar-refractivity contribution is -0.148. The third-order valence-electron chi connectivity index (χ3n) is 6.75. The van der Waals surface area contributed by atoms with E-state index in [-0.39, 0.29) is 24.1 Å². The summed E-state index contributed by atoms with van der Waals surface area (Å²) >= 11 is 0. The summed E-state index contributed by atoms with van der Waals surface area (Å²) in [7, 11) is 1.15. The van der Waals surface area contributed by atoms with Gasteiger partial charge in [0.25, 0.3) is 5.91 Å². The largest absolute Gasteiger partial charge is 0.467 e. The van der Waals surface area contributed by atoms with Gasteiger partial charge in [0.2, 0.25) is 0 Å². The van der Waals surface area contributed by atoms with Crippen LogP contribution >= 0.6 is 0 Å². The number of aromatic nitrogens is 2. The molecule has 6 N–H and O–H groups in total. The van der Waals surface area contributed by atoms with E-state index >= 15 is 0 Å². The van der Waals surface area contributed by atoms with Crippen LogP contribution in [0, 0.1) is 12.7 Å². The highest BCUT2D eigenvalue weighted by Crippen LogP contribution is 2.27. The average Bonchev–Trinajstić information content (AvgIpc) is 3.58. The molecule has 0 spiro atoms. The molecule has 0 saturated heterocycles. The Hall–Kier alpha value is -5.80. The van der Waals surface area contributed by atoms with Crippen molar-refractivity contribution < 1.29 is 48.0 Å². The van der Waals surface area contributed by atoms with Gasteiger partial charge in [-0.25, -0.2) is 14.0 Å². The number of aromatic amines is 1. The van der Waals surface area contributed by atoms with Crippen molar-refractivity contribution in [3.63, 3.8) is 0 Å². The number of rotatable bonds is 14. The van der Waals surface area contributed by atoms with Crippen LogP contribution in [0.15, 0.2) is 73.1 Å². The Kier molecular flexibility index (Phi) is 12.2. The zero-order valence-electron chi connectivity index (χ0n) is 26.0. The van der Waals surface area contributed by atoms with Crippen LogP contribution in [0.3, 0.4) is 0 Å². The van der Waals surface area contributed by atoms with E-state index in [4.69, 9.17) is 19.3 Å².